The Balaban J connectivity index is 2.34. The molecule has 2 aromatic rings. The zero-order valence-corrected chi connectivity index (χ0v) is 10.5. The summed E-state index contributed by atoms with van der Waals surface area (Å²) in [6.07, 6.45) is 0. The minimum atomic E-state index is -1.46. The smallest absolute Gasteiger partial charge is 0.271 e. The Kier molecular flexibility index (Phi) is 3.55. The molecule has 0 radical (unpaired) electrons. The highest BCUT2D eigenvalue weighted by atomic mass is 16.6. The van der Waals surface area contributed by atoms with Crippen LogP contribution in [0.15, 0.2) is 48.5 Å². The maximum Gasteiger partial charge on any atom is 0.271 e. The zero-order chi connectivity index (χ0) is 14.8. The third-order valence-corrected chi connectivity index (χ3v) is 2.78. The molecule has 0 aliphatic heterocycles. The van der Waals surface area contributed by atoms with E-state index < -0.39 is 10.7 Å². The minimum absolute atomic E-state index is 0.0908. The van der Waals surface area contributed by atoms with Crippen LogP contribution in [-0.4, -0.2) is 10.0 Å². The van der Waals surface area contributed by atoms with Crippen LogP contribution >= 0.6 is 0 Å². The second kappa shape index (κ2) is 5.16. The van der Waals surface area contributed by atoms with Crippen molar-refractivity contribution < 1.29 is 10.0 Å². The lowest BCUT2D eigenvalue weighted by Gasteiger charge is -2.27. The van der Waals surface area contributed by atoms with Gasteiger partial charge in [0.2, 0.25) is 0 Å². The number of nitro groups is 1. The van der Waals surface area contributed by atoms with Gasteiger partial charge in [0.05, 0.1) is 10.6 Å². The standard InChI is InChI=1S/C13H14N4O3/c14-13(15,9-4-2-1-3-5-9)16-11-8-10(17(19)20)6-7-12(11)18/h1-8,16,18H,14-15H2. The van der Waals surface area contributed by atoms with Crippen LogP contribution < -0.4 is 16.8 Å². The van der Waals surface area contributed by atoms with E-state index in [9.17, 15) is 15.2 Å². The summed E-state index contributed by atoms with van der Waals surface area (Å²) in [6.45, 7) is 0. The topological polar surface area (TPSA) is 127 Å². The average molecular weight is 274 g/mol. The summed E-state index contributed by atoms with van der Waals surface area (Å²) < 4.78 is 0. The molecule has 0 unspecified atom stereocenters. The summed E-state index contributed by atoms with van der Waals surface area (Å²) in [5, 5.41) is 23.2. The maximum atomic E-state index is 10.7. The molecule has 2 rings (SSSR count). The Morgan fingerprint density at radius 2 is 1.80 bits per heavy atom. The van der Waals surface area contributed by atoms with Crippen molar-refractivity contribution in [3.63, 3.8) is 0 Å². The first-order chi connectivity index (χ1) is 9.40. The number of nitrogens with zero attached hydrogens (tertiary/aromatic N) is 1. The normalized spacial score (nSPS) is 11.1. The van der Waals surface area contributed by atoms with Gasteiger partial charge in [-0.1, -0.05) is 30.3 Å². The van der Waals surface area contributed by atoms with E-state index in [1.807, 2.05) is 6.07 Å². The Hall–Kier alpha value is -2.64. The second-order valence-electron chi connectivity index (χ2n) is 4.32. The van der Waals surface area contributed by atoms with Gasteiger partial charge in [-0.15, -0.1) is 0 Å². The Bertz CT molecular complexity index is 629. The molecular weight excluding hydrogens is 260 g/mol. The van der Waals surface area contributed by atoms with E-state index in [1.165, 1.54) is 18.2 Å². The number of hydrogen-bond acceptors (Lipinski definition) is 6. The van der Waals surface area contributed by atoms with E-state index in [1.54, 1.807) is 24.3 Å². The fraction of sp³-hybridized carbons (Fsp3) is 0.0769. The fourth-order valence-corrected chi connectivity index (χ4v) is 1.75. The number of rotatable bonds is 4. The van der Waals surface area contributed by atoms with Gasteiger partial charge in [-0.2, -0.15) is 0 Å². The molecule has 7 nitrogen and oxygen atoms in total. The predicted molar refractivity (Wildman–Crippen MR) is 74.9 cm³/mol. The number of nitrogens with one attached hydrogen (secondary N) is 1. The third-order valence-electron chi connectivity index (χ3n) is 2.78. The number of benzene rings is 2. The van der Waals surface area contributed by atoms with Crippen LogP contribution in [0.5, 0.6) is 5.75 Å². The highest BCUT2D eigenvalue weighted by molar-refractivity contribution is 5.62. The van der Waals surface area contributed by atoms with E-state index >= 15 is 0 Å². The molecule has 0 atom stereocenters. The number of phenols is 1. The summed E-state index contributed by atoms with van der Waals surface area (Å²) in [6, 6.07) is 12.3. The first-order valence-electron chi connectivity index (χ1n) is 5.79. The Morgan fingerprint density at radius 1 is 1.15 bits per heavy atom. The largest absolute Gasteiger partial charge is 0.506 e. The average Bonchev–Trinajstić information content (AvgIpc) is 2.42. The zero-order valence-electron chi connectivity index (χ0n) is 10.5. The molecule has 0 saturated carbocycles. The number of anilines is 1. The van der Waals surface area contributed by atoms with Crippen LogP contribution in [0.4, 0.5) is 11.4 Å². The number of aromatic hydroxyl groups is 1. The van der Waals surface area contributed by atoms with Crippen LogP contribution in [0.1, 0.15) is 5.56 Å². The van der Waals surface area contributed by atoms with Gasteiger partial charge in [-0.3, -0.25) is 21.6 Å². The van der Waals surface area contributed by atoms with Gasteiger partial charge in [0, 0.05) is 17.7 Å². The molecule has 0 bridgehead atoms. The van der Waals surface area contributed by atoms with Crippen LogP contribution in [0.25, 0.3) is 0 Å². The molecule has 7 heteroatoms. The summed E-state index contributed by atoms with van der Waals surface area (Å²) in [5.74, 6) is -1.64. The van der Waals surface area contributed by atoms with Crippen LogP contribution in [-0.2, 0) is 5.79 Å². The monoisotopic (exact) mass is 274 g/mol. The summed E-state index contributed by atoms with van der Waals surface area (Å²) in [5.41, 5.74) is 12.4. The summed E-state index contributed by atoms with van der Waals surface area (Å²) in [7, 11) is 0. The van der Waals surface area contributed by atoms with Gasteiger partial charge < -0.3 is 10.4 Å². The summed E-state index contributed by atoms with van der Waals surface area (Å²) >= 11 is 0. The number of phenolic OH excluding ortho intramolecular Hbond substituents is 1. The number of non-ortho nitro benzene ring substituents is 1. The van der Waals surface area contributed by atoms with Gasteiger partial charge in [0.25, 0.3) is 5.69 Å². The number of nitrogens with two attached hydrogens (primary N) is 2. The van der Waals surface area contributed by atoms with Crippen LogP contribution in [0, 0.1) is 10.1 Å². The summed E-state index contributed by atoms with van der Waals surface area (Å²) in [4.78, 5) is 10.2. The van der Waals surface area contributed by atoms with E-state index in [0.717, 1.165) is 0 Å². The molecule has 0 amide bonds. The second-order valence-corrected chi connectivity index (χ2v) is 4.32. The van der Waals surface area contributed by atoms with E-state index in [0.29, 0.717) is 5.56 Å². The lowest BCUT2D eigenvalue weighted by molar-refractivity contribution is -0.384. The maximum absolute atomic E-state index is 10.7. The molecule has 0 aromatic heterocycles. The predicted octanol–water partition coefficient (Wildman–Crippen LogP) is 1.44. The van der Waals surface area contributed by atoms with Crippen molar-refractivity contribution in [2.45, 2.75) is 5.79 Å². The molecule has 0 aliphatic rings. The van der Waals surface area contributed by atoms with Crippen molar-refractivity contribution in [3.8, 4) is 5.75 Å². The Morgan fingerprint density at radius 3 is 2.40 bits per heavy atom. The highest BCUT2D eigenvalue weighted by Gasteiger charge is 2.23. The molecule has 0 saturated heterocycles. The number of hydrogen-bond donors (Lipinski definition) is 4. The van der Waals surface area contributed by atoms with Gasteiger partial charge in [0.15, 0.2) is 5.79 Å². The van der Waals surface area contributed by atoms with Gasteiger partial charge in [-0.05, 0) is 6.07 Å². The van der Waals surface area contributed by atoms with Gasteiger partial charge >= 0.3 is 0 Å². The quantitative estimate of drug-likeness (QED) is 0.289. The van der Waals surface area contributed by atoms with Crippen molar-refractivity contribution in [1.82, 2.24) is 0 Å². The molecule has 0 spiro atoms. The molecule has 20 heavy (non-hydrogen) atoms. The van der Waals surface area contributed by atoms with Crippen molar-refractivity contribution in [2.75, 3.05) is 5.32 Å². The Labute approximate surface area is 115 Å². The van der Waals surface area contributed by atoms with Crippen LogP contribution in [0.2, 0.25) is 0 Å². The van der Waals surface area contributed by atoms with Crippen LogP contribution in [0.3, 0.4) is 0 Å². The van der Waals surface area contributed by atoms with Gasteiger partial charge in [-0.25, -0.2) is 0 Å². The first-order valence-corrected chi connectivity index (χ1v) is 5.79. The van der Waals surface area contributed by atoms with Crippen molar-refractivity contribution in [2.24, 2.45) is 11.5 Å². The molecular formula is C13H14N4O3. The third kappa shape index (κ3) is 2.85. The molecule has 2 aromatic carbocycles. The molecule has 0 fully saturated rings. The van der Waals surface area contributed by atoms with Crippen molar-refractivity contribution >= 4 is 11.4 Å². The van der Waals surface area contributed by atoms with Gasteiger partial charge in [0.1, 0.15) is 5.75 Å². The molecule has 6 N–H and O–H groups in total. The van der Waals surface area contributed by atoms with Crippen molar-refractivity contribution in [3.05, 3.63) is 64.2 Å². The minimum Gasteiger partial charge on any atom is -0.506 e. The molecule has 104 valence electrons. The van der Waals surface area contributed by atoms with E-state index in [2.05, 4.69) is 5.32 Å². The lowest BCUT2D eigenvalue weighted by Crippen LogP contribution is -2.53. The van der Waals surface area contributed by atoms with E-state index in [-0.39, 0.29) is 17.1 Å². The lowest BCUT2D eigenvalue weighted by atomic mass is 10.1. The molecule has 0 heterocycles. The van der Waals surface area contributed by atoms with E-state index in [4.69, 9.17) is 11.5 Å². The van der Waals surface area contributed by atoms with Crippen molar-refractivity contribution in [1.29, 1.82) is 0 Å². The highest BCUT2D eigenvalue weighted by Crippen LogP contribution is 2.30. The number of nitro benzene ring substituents is 1. The molecule has 0 aliphatic carbocycles. The first kappa shape index (κ1) is 13.8. The fourth-order valence-electron chi connectivity index (χ4n) is 1.75. The SMILES string of the molecule is NC(N)(Nc1cc([N+](=O)[O-])ccc1O)c1ccccc1.